The number of benzene rings is 3. The Hall–Kier alpha value is -2.73. The zero-order valence-electron chi connectivity index (χ0n) is 20.7. The zero-order chi connectivity index (χ0) is 25.2. The summed E-state index contributed by atoms with van der Waals surface area (Å²) >= 11 is 12.6. The molecule has 3 aromatic carbocycles. The van der Waals surface area contributed by atoms with Gasteiger partial charge in [-0.15, -0.1) is 0 Å². The topological polar surface area (TPSA) is 36.0 Å². The number of likely N-dealkylation sites (N-methyl/N-ethyl adjacent to an activating group) is 1. The summed E-state index contributed by atoms with van der Waals surface area (Å²) in [5.41, 5.74) is 4.45. The molecule has 0 saturated carbocycles. The van der Waals surface area contributed by atoms with E-state index in [-0.39, 0.29) is 24.4 Å². The van der Waals surface area contributed by atoms with Crippen molar-refractivity contribution >= 4 is 34.8 Å². The molecule has 5 rings (SSSR count). The van der Waals surface area contributed by atoms with Crippen molar-refractivity contribution in [3.63, 3.8) is 0 Å². The molecule has 1 aliphatic heterocycles. The lowest BCUT2D eigenvalue weighted by Crippen LogP contribution is -2.54. The molecule has 1 saturated heterocycles. The van der Waals surface area contributed by atoms with Gasteiger partial charge < -0.3 is 14.5 Å². The second-order valence-electron chi connectivity index (χ2n) is 9.50. The van der Waals surface area contributed by atoms with Gasteiger partial charge in [-0.2, -0.15) is 0 Å². The maximum Gasteiger partial charge on any atom is 0.227 e. The molecule has 1 heterocycles. The van der Waals surface area contributed by atoms with Gasteiger partial charge in [-0.1, -0.05) is 71.7 Å². The van der Waals surface area contributed by atoms with E-state index in [2.05, 4.69) is 46.2 Å². The Labute approximate surface area is 223 Å². The summed E-state index contributed by atoms with van der Waals surface area (Å²) in [5.74, 6) is 0.945. The maximum absolute atomic E-state index is 13.5. The first kappa shape index (κ1) is 24.9. The number of fused-ring (bicyclic) bond motifs is 1. The lowest BCUT2D eigenvalue weighted by Gasteiger charge is -2.43. The molecule has 1 aliphatic carbocycles. The van der Waals surface area contributed by atoms with Gasteiger partial charge in [0.15, 0.2) is 0 Å². The number of nitrogens with zero attached hydrogens (tertiary/aromatic N) is 3. The lowest BCUT2D eigenvalue weighted by molar-refractivity contribution is -0.132. The van der Waals surface area contributed by atoms with Crippen molar-refractivity contribution in [2.45, 2.75) is 24.9 Å². The summed E-state index contributed by atoms with van der Waals surface area (Å²) in [6, 6.07) is 22.4. The normalized spacial score (nSPS) is 19.7. The molecule has 36 heavy (non-hydrogen) atoms. The Bertz CT molecular complexity index is 1240. The number of amides is 1. The molecule has 0 spiro atoms. The third-order valence-electron chi connectivity index (χ3n) is 7.56. The summed E-state index contributed by atoms with van der Waals surface area (Å²) in [6.45, 7) is 3.68. The van der Waals surface area contributed by atoms with E-state index in [0.717, 1.165) is 49.6 Å². The van der Waals surface area contributed by atoms with E-state index in [1.165, 1.54) is 11.1 Å². The number of hydrogen-bond acceptors (Lipinski definition) is 4. The first-order valence-electron chi connectivity index (χ1n) is 12.4. The number of anilines is 1. The molecular weight excluding hydrogens is 493 g/mol. The number of rotatable bonds is 6. The monoisotopic (exact) mass is 523 g/mol. The van der Waals surface area contributed by atoms with E-state index in [1.807, 2.05) is 36.2 Å². The molecule has 0 N–H and O–H groups in total. The molecule has 2 unspecified atom stereocenters. The minimum atomic E-state index is -0.00975. The van der Waals surface area contributed by atoms with E-state index in [1.54, 1.807) is 13.2 Å². The minimum absolute atomic E-state index is 0.00975. The first-order chi connectivity index (χ1) is 17.5. The zero-order valence-corrected chi connectivity index (χ0v) is 22.2. The molecule has 0 radical (unpaired) electrons. The Morgan fingerprint density at radius 2 is 1.69 bits per heavy atom. The largest absolute Gasteiger partial charge is 0.495 e. The van der Waals surface area contributed by atoms with Gasteiger partial charge in [0.2, 0.25) is 5.91 Å². The second kappa shape index (κ2) is 10.7. The number of halogens is 2. The average molecular weight is 524 g/mol. The number of piperazine rings is 1. The predicted octanol–water partition coefficient (Wildman–Crippen LogP) is 5.49. The Morgan fingerprint density at radius 3 is 2.47 bits per heavy atom. The molecule has 7 heteroatoms. The maximum atomic E-state index is 13.5. The van der Waals surface area contributed by atoms with Crippen molar-refractivity contribution in [3.05, 3.63) is 93.5 Å². The molecule has 0 aromatic heterocycles. The van der Waals surface area contributed by atoms with Gasteiger partial charge >= 0.3 is 0 Å². The number of para-hydroxylation sites is 2. The van der Waals surface area contributed by atoms with Crippen LogP contribution in [0.15, 0.2) is 66.7 Å². The molecule has 2 aliphatic rings. The highest BCUT2D eigenvalue weighted by atomic mass is 35.5. The third-order valence-corrected chi connectivity index (χ3v) is 8.42. The van der Waals surface area contributed by atoms with Crippen molar-refractivity contribution in [2.24, 2.45) is 0 Å². The average Bonchev–Trinajstić information content (AvgIpc) is 3.30. The molecule has 3 aromatic rings. The Morgan fingerprint density at radius 1 is 0.972 bits per heavy atom. The molecule has 1 fully saturated rings. The van der Waals surface area contributed by atoms with Crippen LogP contribution in [0.4, 0.5) is 5.69 Å². The van der Waals surface area contributed by atoms with Gasteiger partial charge in [0.25, 0.3) is 0 Å². The van der Waals surface area contributed by atoms with Crippen LogP contribution in [-0.2, 0) is 17.6 Å². The molecule has 2 atom stereocenters. The second-order valence-corrected chi connectivity index (χ2v) is 10.3. The van der Waals surface area contributed by atoms with Crippen LogP contribution >= 0.6 is 23.2 Å². The molecule has 1 amide bonds. The Kier molecular flexibility index (Phi) is 7.42. The van der Waals surface area contributed by atoms with E-state index in [0.29, 0.717) is 10.0 Å². The highest BCUT2D eigenvalue weighted by Crippen LogP contribution is 2.39. The van der Waals surface area contributed by atoms with Crippen LogP contribution in [0.25, 0.3) is 0 Å². The van der Waals surface area contributed by atoms with Crippen molar-refractivity contribution < 1.29 is 9.53 Å². The fraction of sp³-hybridized carbons (Fsp3) is 0.345. The van der Waals surface area contributed by atoms with Crippen LogP contribution in [0.2, 0.25) is 10.0 Å². The Balaban J connectivity index is 1.34. The standard InChI is InChI=1S/C29H31Cl2N3O2/c1-32(27(35)19-21-9-7-11-23(30)28(21)31)29-22-10-4-3-8-20(22)18-25(29)34-16-14-33(15-17-34)24-12-5-6-13-26(24)36-2/h3-13,25,29H,14-19H2,1-2H3. The molecule has 188 valence electrons. The lowest BCUT2D eigenvalue weighted by atomic mass is 10.0. The van der Waals surface area contributed by atoms with Crippen molar-refractivity contribution in [2.75, 3.05) is 45.2 Å². The van der Waals surface area contributed by atoms with Crippen molar-refractivity contribution in [1.82, 2.24) is 9.80 Å². The fourth-order valence-corrected chi connectivity index (χ4v) is 6.05. The van der Waals surface area contributed by atoms with Crippen molar-refractivity contribution in [1.29, 1.82) is 0 Å². The highest BCUT2D eigenvalue weighted by Gasteiger charge is 2.41. The minimum Gasteiger partial charge on any atom is -0.495 e. The quantitative estimate of drug-likeness (QED) is 0.427. The van der Waals surface area contributed by atoms with Crippen LogP contribution < -0.4 is 9.64 Å². The van der Waals surface area contributed by atoms with Gasteiger partial charge in [-0.3, -0.25) is 9.69 Å². The number of ether oxygens (including phenoxy) is 1. The van der Waals surface area contributed by atoms with Crippen LogP contribution in [0.3, 0.4) is 0 Å². The van der Waals surface area contributed by atoms with E-state index in [4.69, 9.17) is 27.9 Å². The summed E-state index contributed by atoms with van der Waals surface area (Å²) in [6.07, 6.45) is 1.16. The van der Waals surface area contributed by atoms with Gasteiger partial charge in [-0.25, -0.2) is 0 Å². The van der Waals surface area contributed by atoms with E-state index >= 15 is 0 Å². The first-order valence-corrected chi connectivity index (χ1v) is 13.1. The molecule has 5 nitrogen and oxygen atoms in total. The summed E-state index contributed by atoms with van der Waals surface area (Å²) in [5, 5.41) is 0.929. The number of methoxy groups -OCH3 is 1. The highest BCUT2D eigenvalue weighted by molar-refractivity contribution is 6.42. The van der Waals surface area contributed by atoms with Crippen LogP contribution in [0.1, 0.15) is 22.7 Å². The van der Waals surface area contributed by atoms with Gasteiger partial charge in [0.1, 0.15) is 5.75 Å². The molecule has 0 bridgehead atoms. The smallest absolute Gasteiger partial charge is 0.227 e. The van der Waals surface area contributed by atoms with Gasteiger partial charge in [-0.05, 0) is 41.3 Å². The van der Waals surface area contributed by atoms with Crippen LogP contribution in [0, 0.1) is 0 Å². The summed E-state index contributed by atoms with van der Waals surface area (Å²) in [4.78, 5) is 20.3. The predicted molar refractivity (Wildman–Crippen MR) is 146 cm³/mol. The fourth-order valence-electron chi connectivity index (χ4n) is 5.66. The van der Waals surface area contributed by atoms with Crippen molar-refractivity contribution in [3.8, 4) is 5.75 Å². The third kappa shape index (κ3) is 4.80. The van der Waals surface area contributed by atoms with Crippen LogP contribution in [0.5, 0.6) is 5.75 Å². The van der Waals surface area contributed by atoms with Gasteiger partial charge in [0.05, 0.1) is 35.3 Å². The van der Waals surface area contributed by atoms with E-state index < -0.39 is 0 Å². The van der Waals surface area contributed by atoms with Crippen LogP contribution in [-0.4, -0.2) is 62.1 Å². The summed E-state index contributed by atoms with van der Waals surface area (Å²) in [7, 11) is 3.64. The number of carbonyl (C=O) groups excluding carboxylic acids is 1. The number of hydrogen-bond donors (Lipinski definition) is 0. The van der Waals surface area contributed by atoms with E-state index in [9.17, 15) is 4.79 Å². The SMILES string of the molecule is COc1ccccc1N1CCN(C2Cc3ccccc3C2N(C)C(=O)Cc2cccc(Cl)c2Cl)CC1. The van der Waals surface area contributed by atoms with Gasteiger partial charge in [0, 0.05) is 39.3 Å². The molecular formula is C29H31Cl2N3O2. The summed E-state index contributed by atoms with van der Waals surface area (Å²) < 4.78 is 5.59. The number of carbonyl (C=O) groups is 1.